The Bertz CT molecular complexity index is 781. The predicted molar refractivity (Wildman–Crippen MR) is 88.5 cm³/mol. The third-order valence-electron chi connectivity index (χ3n) is 3.43. The number of aliphatic carboxylic acids is 1. The number of nitrogens with zero attached hydrogens (tertiary/aromatic N) is 1. The normalized spacial score (nSPS) is 17.9. The van der Waals surface area contributed by atoms with Crippen LogP contribution in [-0.4, -0.2) is 16.9 Å². The Hall–Kier alpha value is -2.11. The number of nitrogens with one attached hydrogen (secondary N) is 1. The lowest BCUT2D eigenvalue weighted by Crippen LogP contribution is -2.31. The lowest BCUT2D eigenvalue weighted by atomic mass is 9.96. The van der Waals surface area contributed by atoms with Crippen molar-refractivity contribution in [3.8, 4) is 0 Å². The topological polar surface area (TPSA) is 61.7 Å². The van der Waals surface area contributed by atoms with Crippen LogP contribution < -0.4 is 5.32 Å². The zero-order chi connectivity index (χ0) is 15.7. The number of allylic oxidation sites excluding steroid dienone is 1. The number of aliphatic imine (C=N–C) groups is 1. The maximum Gasteiger partial charge on any atom is 0.335 e. The quantitative estimate of drug-likeness (QED) is 0.897. The van der Waals surface area contributed by atoms with Crippen LogP contribution >= 0.6 is 22.9 Å². The van der Waals surface area contributed by atoms with Gasteiger partial charge in [0.25, 0.3) is 0 Å². The molecule has 0 amide bonds. The zero-order valence-electron chi connectivity index (χ0n) is 11.7. The molecule has 1 atom stereocenters. The van der Waals surface area contributed by atoms with E-state index in [1.807, 2.05) is 35.7 Å². The number of hydrogen-bond donors (Lipinski definition) is 2. The average molecular weight is 333 g/mol. The van der Waals surface area contributed by atoms with Crippen LogP contribution in [0.25, 0.3) is 0 Å². The molecule has 1 aliphatic heterocycles. The van der Waals surface area contributed by atoms with Gasteiger partial charge in [-0.3, -0.25) is 4.99 Å². The summed E-state index contributed by atoms with van der Waals surface area (Å²) >= 11 is 7.79. The second kappa shape index (κ2) is 5.94. The first-order valence-electron chi connectivity index (χ1n) is 6.65. The molecule has 0 radical (unpaired) electrons. The third-order valence-corrected chi connectivity index (χ3v) is 4.65. The van der Waals surface area contributed by atoms with E-state index in [1.165, 1.54) is 0 Å². The summed E-state index contributed by atoms with van der Waals surface area (Å²) in [6, 6.07) is 10.5. The highest BCUT2D eigenvalue weighted by molar-refractivity contribution is 7.12. The number of carboxylic acids is 1. The number of carbonyl (C=O) groups is 1. The van der Waals surface area contributed by atoms with Crippen LogP contribution in [0, 0.1) is 0 Å². The van der Waals surface area contributed by atoms with Gasteiger partial charge in [-0.2, -0.15) is 0 Å². The van der Waals surface area contributed by atoms with Gasteiger partial charge in [0.2, 0.25) is 0 Å². The maximum absolute atomic E-state index is 11.6. The fourth-order valence-corrected chi connectivity index (χ4v) is 3.33. The highest BCUT2D eigenvalue weighted by Crippen LogP contribution is 2.35. The van der Waals surface area contributed by atoms with Crippen molar-refractivity contribution < 1.29 is 9.90 Å². The summed E-state index contributed by atoms with van der Waals surface area (Å²) < 4.78 is 0. The molecule has 0 aliphatic carbocycles. The van der Waals surface area contributed by atoms with E-state index in [-0.39, 0.29) is 5.57 Å². The summed E-state index contributed by atoms with van der Waals surface area (Å²) in [7, 11) is 0. The zero-order valence-corrected chi connectivity index (χ0v) is 13.3. The van der Waals surface area contributed by atoms with E-state index in [9.17, 15) is 9.90 Å². The van der Waals surface area contributed by atoms with Gasteiger partial charge in [0, 0.05) is 16.3 Å². The predicted octanol–water partition coefficient (Wildman–Crippen LogP) is 3.85. The Morgan fingerprint density at radius 1 is 1.32 bits per heavy atom. The minimum atomic E-state index is -0.996. The van der Waals surface area contributed by atoms with Gasteiger partial charge in [0.05, 0.1) is 10.5 Å². The van der Waals surface area contributed by atoms with Gasteiger partial charge in [-0.05, 0) is 24.4 Å². The minimum Gasteiger partial charge on any atom is -0.478 e. The molecule has 0 spiro atoms. The second-order valence-corrected chi connectivity index (χ2v) is 6.20. The molecule has 6 heteroatoms. The van der Waals surface area contributed by atoms with Crippen LogP contribution in [0.3, 0.4) is 0 Å². The van der Waals surface area contributed by atoms with Gasteiger partial charge in [0.1, 0.15) is 11.9 Å². The molecule has 1 aromatic carbocycles. The van der Waals surface area contributed by atoms with Crippen molar-refractivity contribution in [3.63, 3.8) is 0 Å². The number of halogens is 1. The lowest BCUT2D eigenvalue weighted by molar-refractivity contribution is -0.133. The first-order chi connectivity index (χ1) is 10.6. The van der Waals surface area contributed by atoms with Crippen molar-refractivity contribution in [1.82, 2.24) is 5.32 Å². The monoisotopic (exact) mass is 332 g/mol. The molecule has 2 aromatic rings. The van der Waals surface area contributed by atoms with E-state index in [0.29, 0.717) is 22.1 Å². The number of carboxylic acid groups (broad SMARTS) is 1. The van der Waals surface area contributed by atoms with Crippen LogP contribution in [0.15, 0.2) is 58.0 Å². The van der Waals surface area contributed by atoms with Crippen molar-refractivity contribution in [2.24, 2.45) is 4.99 Å². The van der Waals surface area contributed by atoms with Gasteiger partial charge in [-0.25, -0.2) is 4.79 Å². The summed E-state index contributed by atoms with van der Waals surface area (Å²) in [4.78, 5) is 17.2. The molecule has 1 aliphatic rings. The molecule has 0 fully saturated rings. The molecule has 3 rings (SSSR count). The second-order valence-electron chi connectivity index (χ2n) is 4.85. The smallest absolute Gasteiger partial charge is 0.335 e. The number of benzene rings is 1. The van der Waals surface area contributed by atoms with E-state index in [1.54, 1.807) is 24.3 Å². The Morgan fingerprint density at radius 3 is 2.73 bits per heavy atom. The van der Waals surface area contributed by atoms with Crippen LogP contribution in [0.1, 0.15) is 23.4 Å². The first-order valence-corrected chi connectivity index (χ1v) is 7.91. The van der Waals surface area contributed by atoms with Crippen LogP contribution in [0.4, 0.5) is 0 Å². The van der Waals surface area contributed by atoms with Gasteiger partial charge in [-0.1, -0.05) is 35.9 Å². The van der Waals surface area contributed by atoms with Crippen LogP contribution in [0.2, 0.25) is 5.02 Å². The third kappa shape index (κ3) is 2.65. The Balaban J connectivity index is 2.14. The number of amidine groups is 1. The standard InChI is InChI=1S/C16H13ClN2O2S/c1-9-13(16(20)21)14(10-5-2-3-6-11(10)17)19-15(18-9)12-7-4-8-22-12/h2-8,14H,1H3,(H,18,19)(H,20,21). The fraction of sp³-hybridized carbons (Fsp3) is 0.125. The summed E-state index contributed by atoms with van der Waals surface area (Å²) in [6.45, 7) is 1.75. The van der Waals surface area contributed by atoms with E-state index < -0.39 is 12.0 Å². The summed E-state index contributed by atoms with van der Waals surface area (Å²) in [6.07, 6.45) is 0. The van der Waals surface area contributed by atoms with Gasteiger partial charge >= 0.3 is 5.97 Å². The number of hydrogen-bond acceptors (Lipinski definition) is 4. The molecule has 0 saturated heterocycles. The van der Waals surface area contributed by atoms with Gasteiger partial charge < -0.3 is 10.4 Å². The van der Waals surface area contributed by atoms with E-state index in [0.717, 1.165) is 4.88 Å². The van der Waals surface area contributed by atoms with E-state index in [2.05, 4.69) is 10.3 Å². The minimum absolute atomic E-state index is 0.216. The van der Waals surface area contributed by atoms with Crippen LogP contribution in [0.5, 0.6) is 0 Å². The molecule has 4 nitrogen and oxygen atoms in total. The largest absolute Gasteiger partial charge is 0.478 e. The average Bonchev–Trinajstić information content (AvgIpc) is 3.00. The van der Waals surface area contributed by atoms with Crippen molar-refractivity contribution in [2.45, 2.75) is 13.0 Å². The summed E-state index contributed by atoms with van der Waals surface area (Å²) in [5.74, 6) is -0.327. The molecular formula is C16H13ClN2O2S. The van der Waals surface area contributed by atoms with Crippen molar-refractivity contribution in [1.29, 1.82) is 0 Å². The van der Waals surface area contributed by atoms with Gasteiger partial charge in [0.15, 0.2) is 0 Å². The molecule has 112 valence electrons. The number of thiophene rings is 1. The Labute approximate surface area is 136 Å². The molecule has 2 N–H and O–H groups in total. The Kier molecular flexibility index (Phi) is 4.00. The van der Waals surface area contributed by atoms with Crippen molar-refractivity contribution in [2.75, 3.05) is 0 Å². The molecule has 2 heterocycles. The van der Waals surface area contributed by atoms with Crippen LogP contribution in [-0.2, 0) is 4.79 Å². The molecule has 1 unspecified atom stereocenters. The molecule has 0 bridgehead atoms. The Morgan fingerprint density at radius 2 is 2.09 bits per heavy atom. The maximum atomic E-state index is 11.6. The molecule has 22 heavy (non-hydrogen) atoms. The summed E-state index contributed by atoms with van der Waals surface area (Å²) in [5.41, 5.74) is 1.49. The van der Waals surface area contributed by atoms with Crippen molar-refractivity contribution in [3.05, 3.63) is 68.5 Å². The highest BCUT2D eigenvalue weighted by Gasteiger charge is 2.30. The molecule has 0 saturated carbocycles. The first kappa shape index (κ1) is 14.8. The lowest BCUT2D eigenvalue weighted by Gasteiger charge is -2.25. The fourth-order valence-electron chi connectivity index (χ4n) is 2.41. The summed E-state index contributed by atoms with van der Waals surface area (Å²) in [5, 5.41) is 15.1. The number of rotatable bonds is 3. The van der Waals surface area contributed by atoms with E-state index >= 15 is 0 Å². The highest BCUT2D eigenvalue weighted by atomic mass is 35.5. The van der Waals surface area contributed by atoms with E-state index in [4.69, 9.17) is 11.6 Å². The van der Waals surface area contributed by atoms with Crippen molar-refractivity contribution >= 4 is 34.7 Å². The molecule has 1 aromatic heterocycles. The van der Waals surface area contributed by atoms with Gasteiger partial charge in [-0.15, -0.1) is 11.3 Å². The SMILES string of the molecule is CC1=C(C(=O)O)C(c2ccccc2Cl)N=C(c2cccs2)N1. The molecular weight excluding hydrogens is 320 g/mol.